The molecule has 0 N–H and O–H groups in total. The standard InChI is InChI=1S/C24H27N3OS/c1-2-23(28)27(24-17-22(25-29-24)20-11-7-4-8-12-20)21-13-15-26(16-14-21)18-19-9-5-3-6-10-19/h3-12,17,21H,2,13-16,18H2,1H3. The molecule has 0 radical (unpaired) electrons. The van der Waals surface area contributed by atoms with E-state index in [1.807, 2.05) is 30.0 Å². The zero-order valence-electron chi connectivity index (χ0n) is 16.8. The van der Waals surface area contributed by atoms with Crippen molar-refractivity contribution in [3.05, 3.63) is 72.3 Å². The van der Waals surface area contributed by atoms with Crippen LogP contribution in [0.4, 0.5) is 5.00 Å². The number of nitrogens with zero attached hydrogens (tertiary/aromatic N) is 3. The summed E-state index contributed by atoms with van der Waals surface area (Å²) in [6.07, 6.45) is 2.51. The summed E-state index contributed by atoms with van der Waals surface area (Å²) in [6.45, 7) is 4.95. The number of rotatable bonds is 6. The van der Waals surface area contributed by atoms with E-state index in [0.29, 0.717) is 6.42 Å². The van der Waals surface area contributed by atoms with Crippen LogP contribution < -0.4 is 4.90 Å². The number of carbonyl (C=O) groups is 1. The van der Waals surface area contributed by atoms with Gasteiger partial charge in [-0.15, -0.1) is 0 Å². The Hall–Kier alpha value is -2.50. The number of hydrogen-bond acceptors (Lipinski definition) is 4. The summed E-state index contributed by atoms with van der Waals surface area (Å²) in [4.78, 5) is 17.3. The Kier molecular flexibility index (Phi) is 6.37. The van der Waals surface area contributed by atoms with Crippen molar-refractivity contribution in [2.24, 2.45) is 0 Å². The van der Waals surface area contributed by atoms with E-state index in [2.05, 4.69) is 57.8 Å². The molecule has 1 aliphatic heterocycles. The van der Waals surface area contributed by atoms with Crippen LogP contribution >= 0.6 is 11.5 Å². The third kappa shape index (κ3) is 4.74. The van der Waals surface area contributed by atoms with Crippen LogP contribution in [0.2, 0.25) is 0 Å². The van der Waals surface area contributed by atoms with Crippen LogP contribution in [0.15, 0.2) is 66.7 Å². The van der Waals surface area contributed by atoms with Crippen LogP contribution in [0.25, 0.3) is 11.3 Å². The van der Waals surface area contributed by atoms with Gasteiger partial charge in [-0.25, -0.2) is 0 Å². The van der Waals surface area contributed by atoms with Crippen molar-refractivity contribution < 1.29 is 4.79 Å². The molecule has 1 aliphatic rings. The molecular weight excluding hydrogens is 378 g/mol. The number of aromatic nitrogens is 1. The molecular formula is C24H27N3OS. The SMILES string of the molecule is CCC(=O)N(c1cc(-c2ccccc2)ns1)C1CCN(Cc2ccccc2)CC1. The molecule has 29 heavy (non-hydrogen) atoms. The molecule has 150 valence electrons. The van der Waals surface area contributed by atoms with Crippen molar-refractivity contribution in [2.45, 2.75) is 38.8 Å². The van der Waals surface area contributed by atoms with Gasteiger partial charge in [0.25, 0.3) is 0 Å². The van der Waals surface area contributed by atoms with Crippen LogP contribution in [-0.2, 0) is 11.3 Å². The summed E-state index contributed by atoms with van der Waals surface area (Å²) in [6, 6.07) is 23.1. The van der Waals surface area contributed by atoms with E-state index in [9.17, 15) is 4.79 Å². The van der Waals surface area contributed by atoms with E-state index < -0.39 is 0 Å². The highest BCUT2D eigenvalue weighted by Gasteiger charge is 2.29. The molecule has 1 fully saturated rings. The second kappa shape index (κ2) is 9.33. The zero-order valence-corrected chi connectivity index (χ0v) is 17.6. The van der Waals surface area contributed by atoms with Gasteiger partial charge in [0.1, 0.15) is 5.00 Å². The molecule has 5 heteroatoms. The van der Waals surface area contributed by atoms with Crippen molar-refractivity contribution in [2.75, 3.05) is 18.0 Å². The summed E-state index contributed by atoms with van der Waals surface area (Å²) >= 11 is 1.43. The Morgan fingerprint density at radius 2 is 1.72 bits per heavy atom. The second-order valence-corrected chi connectivity index (χ2v) is 8.31. The van der Waals surface area contributed by atoms with Crippen LogP contribution in [0.5, 0.6) is 0 Å². The Labute approximate surface area is 177 Å². The van der Waals surface area contributed by atoms with E-state index in [1.165, 1.54) is 17.1 Å². The molecule has 2 aromatic carbocycles. The Balaban J connectivity index is 1.46. The third-order valence-electron chi connectivity index (χ3n) is 5.55. The first-order chi connectivity index (χ1) is 14.2. The first-order valence-electron chi connectivity index (χ1n) is 10.3. The highest BCUT2D eigenvalue weighted by molar-refractivity contribution is 7.10. The summed E-state index contributed by atoms with van der Waals surface area (Å²) < 4.78 is 4.63. The lowest BCUT2D eigenvalue weighted by Gasteiger charge is -2.37. The van der Waals surface area contributed by atoms with E-state index in [-0.39, 0.29) is 11.9 Å². The van der Waals surface area contributed by atoms with Crippen molar-refractivity contribution in [3.8, 4) is 11.3 Å². The second-order valence-electron chi connectivity index (χ2n) is 7.53. The van der Waals surface area contributed by atoms with E-state index >= 15 is 0 Å². The van der Waals surface area contributed by atoms with Crippen LogP contribution in [0, 0.1) is 0 Å². The average molecular weight is 406 g/mol. The van der Waals surface area contributed by atoms with Gasteiger partial charge < -0.3 is 0 Å². The molecule has 0 spiro atoms. The molecule has 0 bridgehead atoms. The Morgan fingerprint density at radius 1 is 1.07 bits per heavy atom. The molecule has 0 unspecified atom stereocenters. The largest absolute Gasteiger partial charge is 0.299 e. The smallest absolute Gasteiger partial charge is 0.227 e. The van der Waals surface area contributed by atoms with Gasteiger partial charge in [0.05, 0.1) is 5.69 Å². The minimum atomic E-state index is 0.190. The molecule has 1 saturated heterocycles. The molecule has 0 aliphatic carbocycles. The number of benzene rings is 2. The molecule has 0 atom stereocenters. The average Bonchev–Trinajstić information content (AvgIpc) is 3.26. The quantitative estimate of drug-likeness (QED) is 0.564. The van der Waals surface area contributed by atoms with Crippen molar-refractivity contribution in [1.82, 2.24) is 9.27 Å². The summed E-state index contributed by atoms with van der Waals surface area (Å²) in [5, 5.41) is 0.970. The molecule has 3 aromatic rings. The third-order valence-corrected chi connectivity index (χ3v) is 6.34. The van der Waals surface area contributed by atoms with Crippen LogP contribution in [-0.4, -0.2) is 34.3 Å². The van der Waals surface area contributed by atoms with Gasteiger partial charge in [0, 0.05) is 43.7 Å². The van der Waals surface area contributed by atoms with E-state index in [0.717, 1.165) is 48.7 Å². The van der Waals surface area contributed by atoms with Gasteiger partial charge in [0.15, 0.2) is 0 Å². The number of anilines is 1. The van der Waals surface area contributed by atoms with Gasteiger partial charge in [-0.3, -0.25) is 14.6 Å². The maximum absolute atomic E-state index is 12.8. The summed E-state index contributed by atoms with van der Waals surface area (Å²) in [5.74, 6) is 0.190. The molecule has 4 nitrogen and oxygen atoms in total. The minimum absolute atomic E-state index is 0.190. The molecule has 2 heterocycles. The molecule has 1 aromatic heterocycles. The maximum atomic E-state index is 12.8. The van der Waals surface area contributed by atoms with E-state index in [4.69, 9.17) is 0 Å². The van der Waals surface area contributed by atoms with Gasteiger partial charge in [-0.1, -0.05) is 67.6 Å². The minimum Gasteiger partial charge on any atom is -0.299 e. The van der Waals surface area contributed by atoms with Gasteiger partial charge in [-0.05, 0) is 29.9 Å². The van der Waals surface area contributed by atoms with Crippen LogP contribution in [0.3, 0.4) is 0 Å². The predicted molar refractivity (Wildman–Crippen MR) is 120 cm³/mol. The first kappa shape index (κ1) is 19.8. The number of hydrogen-bond donors (Lipinski definition) is 0. The Morgan fingerprint density at radius 3 is 2.38 bits per heavy atom. The normalized spacial score (nSPS) is 15.3. The monoisotopic (exact) mass is 405 g/mol. The zero-order chi connectivity index (χ0) is 20.1. The van der Waals surface area contributed by atoms with Crippen molar-refractivity contribution in [3.63, 3.8) is 0 Å². The molecule has 4 rings (SSSR count). The van der Waals surface area contributed by atoms with Crippen LogP contribution in [0.1, 0.15) is 31.7 Å². The summed E-state index contributed by atoms with van der Waals surface area (Å²) in [5.41, 5.74) is 3.39. The molecule has 1 amide bonds. The highest BCUT2D eigenvalue weighted by atomic mass is 32.1. The van der Waals surface area contributed by atoms with Crippen molar-refractivity contribution >= 4 is 22.4 Å². The fraction of sp³-hybridized carbons (Fsp3) is 0.333. The number of carbonyl (C=O) groups excluding carboxylic acids is 1. The lowest BCUT2D eigenvalue weighted by Crippen LogP contribution is -2.47. The number of amides is 1. The first-order valence-corrected chi connectivity index (χ1v) is 11.1. The summed E-state index contributed by atoms with van der Waals surface area (Å²) in [7, 11) is 0. The van der Waals surface area contributed by atoms with Crippen molar-refractivity contribution in [1.29, 1.82) is 0 Å². The van der Waals surface area contributed by atoms with E-state index in [1.54, 1.807) is 0 Å². The lowest BCUT2D eigenvalue weighted by atomic mass is 10.0. The van der Waals surface area contributed by atoms with Gasteiger partial charge in [0.2, 0.25) is 5.91 Å². The Bertz CT molecular complexity index is 918. The fourth-order valence-corrected chi connectivity index (χ4v) is 4.83. The fourth-order valence-electron chi connectivity index (χ4n) is 3.98. The highest BCUT2D eigenvalue weighted by Crippen LogP contribution is 2.32. The predicted octanol–water partition coefficient (Wildman–Crippen LogP) is 5.22. The number of piperidine rings is 1. The lowest BCUT2D eigenvalue weighted by molar-refractivity contribution is -0.119. The number of likely N-dealkylation sites (tertiary alicyclic amines) is 1. The van der Waals surface area contributed by atoms with Gasteiger partial charge >= 0.3 is 0 Å². The molecule has 0 saturated carbocycles. The topological polar surface area (TPSA) is 36.4 Å². The maximum Gasteiger partial charge on any atom is 0.227 e. The van der Waals surface area contributed by atoms with Gasteiger partial charge in [-0.2, -0.15) is 4.37 Å².